The van der Waals surface area contributed by atoms with Crippen LogP contribution in [-0.2, 0) is 14.8 Å². The fourth-order valence-corrected chi connectivity index (χ4v) is 5.77. The van der Waals surface area contributed by atoms with E-state index >= 15 is 0 Å². The number of nitrogens with one attached hydrogen (secondary N) is 1. The van der Waals surface area contributed by atoms with Crippen molar-refractivity contribution in [1.82, 2.24) is 9.62 Å². The molecule has 2 atom stereocenters. The first-order valence-electron chi connectivity index (χ1n) is 11.6. The summed E-state index contributed by atoms with van der Waals surface area (Å²) in [5.41, 5.74) is 2.42. The molecule has 0 spiro atoms. The number of benzene rings is 1. The highest BCUT2D eigenvalue weighted by Crippen LogP contribution is 2.34. The highest BCUT2D eigenvalue weighted by molar-refractivity contribution is 7.88. The highest BCUT2D eigenvalue weighted by Gasteiger charge is 2.33. The summed E-state index contributed by atoms with van der Waals surface area (Å²) in [6, 6.07) is 10.6. The lowest BCUT2D eigenvalue weighted by Crippen LogP contribution is -2.52. The van der Waals surface area contributed by atoms with E-state index in [1.807, 2.05) is 19.1 Å². The van der Waals surface area contributed by atoms with Gasteiger partial charge in [0.05, 0.1) is 24.7 Å². The minimum atomic E-state index is -3.28. The Labute approximate surface area is 193 Å². The van der Waals surface area contributed by atoms with Gasteiger partial charge in [-0.3, -0.25) is 4.99 Å². The summed E-state index contributed by atoms with van der Waals surface area (Å²) < 4.78 is 33.1. The van der Waals surface area contributed by atoms with Crippen molar-refractivity contribution >= 4 is 16.7 Å². The van der Waals surface area contributed by atoms with Crippen LogP contribution in [0, 0.1) is 5.92 Å². The molecular formula is C25H37N3O3S. The summed E-state index contributed by atoms with van der Waals surface area (Å²) in [4.78, 5) is 6.18. The molecule has 0 bridgehead atoms. The zero-order chi connectivity index (χ0) is 23.0. The van der Waals surface area contributed by atoms with Crippen molar-refractivity contribution in [2.45, 2.75) is 57.1 Å². The van der Waals surface area contributed by atoms with E-state index in [-0.39, 0.29) is 18.1 Å². The van der Waals surface area contributed by atoms with Gasteiger partial charge in [-0.1, -0.05) is 36.4 Å². The van der Waals surface area contributed by atoms with E-state index in [9.17, 15) is 8.42 Å². The second-order valence-electron chi connectivity index (χ2n) is 8.95. The number of ether oxygens (including phenoxy) is 1. The van der Waals surface area contributed by atoms with Crippen molar-refractivity contribution in [1.29, 1.82) is 0 Å². The van der Waals surface area contributed by atoms with Crippen molar-refractivity contribution < 1.29 is 13.2 Å². The van der Waals surface area contributed by atoms with Crippen LogP contribution in [0.25, 0.3) is 0 Å². The van der Waals surface area contributed by atoms with Gasteiger partial charge in [0.2, 0.25) is 10.0 Å². The van der Waals surface area contributed by atoms with E-state index < -0.39 is 10.0 Å². The molecule has 1 saturated carbocycles. The summed E-state index contributed by atoms with van der Waals surface area (Å²) in [5, 5.41) is 0. The van der Waals surface area contributed by atoms with Crippen LogP contribution in [0.4, 0.5) is 0 Å². The second-order valence-corrected chi connectivity index (χ2v) is 10.7. The monoisotopic (exact) mass is 459 g/mol. The normalized spacial score (nSPS) is 27.6. The Morgan fingerprint density at radius 3 is 2.56 bits per heavy atom. The Balaban J connectivity index is 1.60. The molecular weight excluding hydrogens is 422 g/mol. The van der Waals surface area contributed by atoms with Gasteiger partial charge in [0, 0.05) is 31.2 Å². The van der Waals surface area contributed by atoms with Gasteiger partial charge in [-0.25, -0.2) is 13.1 Å². The Bertz CT molecular complexity index is 890. The molecule has 3 rings (SSSR count). The molecule has 1 aliphatic heterocycles. The maximum atomic E-state index is 11.9. The maximum Gasteiger partial charge on any atom is 0.208 e. The molecule has 1 aromatic rings. The molecule has 2 aliphatic rings. The molecule has 1 aromatic carbocycles. The van der Waals surface area contributed by atoms with Crippen LogP contribution in [0.15, 0.2) is 59.4 Å². The molecule has 1 N–H and O–H groups in total. The number of likely N-dealkylation sites (tertiary alicyclic amines) is 1. The Morgan fingerprint density at radius 1 is 1.22 bits per heavy atom. The molecule has 0 aromatic heterocycles. The van der Waals surface area contributed by atoms with Crippen LogP contribution in [-0.4, -0.2) is 58.1 Å². The molecule has 176 valence electrons. The van der Waals surface area contributed by atoms with Crippen molar-refractivity contribution in [3.05, 3.63) is 59.9 Å². The van der Waals surface area contributed by atoms with Crippen LogP contribution in [0.5, 0.6) is 0 Å². The van der Waals surface area contributed by atoms with E-state index in [2.05, 4.69) is 51.7 Å². The van der Waals surface area contributed by atoms with Gasteiger partial charge in [0.15, 0.2) is 0 Å². The Morgan fingerprint density at radius 2 is 1.94 bits per heavy atom. The van der Waals surface area contributed by atoms with Crippen LogP contribution >= 0.6 is 0 Å². The first-order chi connectivity index (χ1) is 15.4. The van der Waals surface area contributed by atoms with Gasteiger partial charge >= 0.3 is 0 Å². The molecule has 1 saturated heterocycles. The number of piperidine rings is 1. The van der Waals surface area contributed by atoms with Gasteiger partial charge in [-0.05, 0) is 63.3 Å². The van der Waals surface area contributed by atoms with Gasteiger partial charge in [0.25, 0.3) is 0 Å². The zero-order valence-corrected chi connectivity index (χ0v) is 20.1. The van der Waals surface area contributed by atoms with E-state index in [1.54, 1.807) is 6.20 Å². The lowest BCUT2D eigenvalue weighted by Gasteiger charge is -2.40. The molecule has 2 fully saturated rings. The summed E-state index contributed by atoms with van der Waals surface area (Å²) in [6.07, 6.45) is 12.3. The van der Waals surface area contributed by atoms with E-state index in [0.717, 1.165) is 50.9 Å². The molecule has 6 nitrogen and oxygen atoms in total. The molecule has 0 radical (unpaired) electrons. The second kappa shape index (κ2) is 11.8. The summed E-state index contributed by atoms with van der Waals surface area (Å²) in [5.74, 6) is 0.685. The summed E-state index contributed by atoms with van der Waals surface area (Å²) >= 11 is 0. The number of allylic oxidation sites excluding steroid dienone is 2. The fourth-order valence-electron chi connectivity index (χ4n) is 4.91. The molecule has 32 heavy (non-hydrogen) atoms. The van der Waals surface area contributed by atoms with Crippen molar-refractivity contribution in [2.75, 3.05) is 26.0 Å². The number of aliphatic imine (C=N–C) groups is 1. The van der Waals surface area contributed by atoms with Crippen molar-refractivity contribution in [3.63, 3.8) is 0 Å². The SMILES string of the molecule is C=N/C=C(\C=C/C)N1CCC(NS(C)(=O)=O)C(COC2CCC(c3ccccc3)CC2)C1. The van der Waals surface area contributed by atoms with E-state index in [1.165, 1.54) is 11.8 Å². The van der Waals surface area contributed by atoms with Gasteiger partial charge in [0.1, 0.15) is 0 Å². The van der Waals surface area contributed by atoms with Crippen LogP contribution in [0.1, 0.15) is 50.5 Å². The highest BCUT2D eigenvalue weighted by atomic mass is 32.2. The predicted octanol–water partition coefficient (Wildman–Crippen LogP) is 4.09. The third-order valence-electron chi connectivity index (χ3n) is 6.52. The minimum absolute atomic E-state index is 0.0730. The molecule has 7 heteroatoms. The average Bonchev–Trinajstić information content (AvgIpc) is 2.78. The minimum Gasteiger partial charge on any atom is -0.378 e. The Hall–Kier alpha value is -1.96. The maximum absolute atomic E-state index is 11.9. The largest absolute Gasteiger partial charge is 0.378 e. The quantitative estimate of drug-likeness (QED) is 0.446. The van der Waals surface area contributed by atoms with Crippen LogP contribution in [0.3, 0.4) is 0 Å². The zero-order valence-electron chi connectivity index (χ0n) is 19.3. The summed E-state index contributed by atoms with van der Waals surface area (Å²) in [7, 11) is -3.28. The Kier molecular flexibility index (Phi) is 9.08. The first kappa shape index (κ1) is 24.7. The first-order valence-corrected chi connectivity index (χ1v) is 13.5. The number of hydrogen-bond donors (Lipinski definition) is 1. The summed E-state index contributed by atoms with van der Waals surface area (Å²) in [6.45, 7) is 7.59. The topological polar surface area (TPSA) is 71.0 Å². The third kappa shape index (κ3) is 7.29. The van der Waals surface area contributed by atoms with Crippen molar-refractivity contribution in [2.24, 2.45) is 10.9 Å². The number of sulfonamides is 1. The number of nitrogens with zero attached hydrogens (tertiary/aromatic N) is 2. The lowest BCUT2D eigenvalue weighted by molar-refractivity contribution is -0.0132. The number of rotatable bonds is 9. The lowest BCUT2D eigenvalue weighted by atomic mass is 9.82. The molecule has 1 heterocycles. The molecule has 0 amide bonds. The molecule has 1 aliphatic carbocycles. The van der Waals surface area contributed by atoms with Crippen molar-refractivity contribution in [3.8, 4) is 0 Å². The van der Waals surface area contributed by atoms with Gasteiger partial charge < -0.3 is 9.64 Å². The van der Waals surface area contributed by atoms with E-state index in [0.29, 0.717) is 12.5 Å². The van der Waals surface area contributed by atoms with Crippen LogP contribution in [0.2, 0.25) is 0 Å². The molecule has 2 unspecified atom stereocenters. The van der Waals surface area contributed by atoms with E-state index in [4.69, 9.17) is 4.74 Å². The third-order valence-corrected chi connectivity index (χ3v) is 7.25. The van der Waals surface area contributed by atoms with Gasteiger partial charge in [-0.15, -0.1) is 0 Å². The smallest absolute Gasteiger partial charge is 0.208 e. The predicted molar refractivity (Wildman–Crippen MR) is 131 cm³/mol. The van der Waals surface area contributed by atoms with Gasteiger partial charge in [-0.2, -0.15) is 0 Å². The fraction of sp³-hybridized carbons (Fsp3) is 0.560. The average molecular weight is 460 g/mol. The van der Waals surface area contributed by atoms with Crippen LogP contribution < -0.4 is 4.72 Å². The number of hydrogen-bond acceptors (Lipinski definition) is 5. The standard InChI is InChI=1S/C25H37N3O3S/c1-4-8-23(17-26-2)28-16-15-25(27-32(3,29)30)22(18-28)19-31-24-13-11-21(12-14-24)20-9-6-5-7-10-20/h4-10,17,21-22,24-25,27H,2,11-16,18-19H2,1,3H3/b8-4-,23-17+.